The zero-order chi connectivity index (χ0) is 12.5. The van der Waals surface area contributed by atoms with Crippen molar-refractivity contribution in [3.05, 3.63) is 18.5 Å². The Hall–Kier alpha value is -1.18. The standard InChI is InChI=1S/C10H15N3O3S/c11-9-1-3-12-5-10(9)17(15,16)13-4-2-8(6-13)7-14/h1,3,5,8,14H,2,4,6-7H2,(H2,11,12). The SMILES string of the molecule is Nc1ccncc1S(=O)(=O)N1CCC(CO)C1. The van der Waals surface area contributed by atoms with E-state index >= 15 is 0 Å². The summed E-state index contributed by atoms with van der Waals surface area (Å²) in [6.07, 6.45) is 3.39. The molecule has 1 aliphatic rings. The van der Waals surface area contributed by atoms with E-state index in [0.717, 1.165) is 0 Å². The zero-order valence-corrected chi connectivity index (χ0v) is 10.1. The van der Waals surface area contributed by atoms with Gasteiger partial charge in [-0.3, -0.25) is 4.98 Å². The number of nitrogens with zero attached hydrogens (tertiary/aromatic N) is 2. The van der Waals surface area contributed by atoms with Gasteiger partial charge in [-0.05, 0) is 18.4 Å². The molecule has 1 aliphatic heterocycles. The minimum Gasteiger partial charge on any atom is -0.398 e. The van der Waals surface area contributed by atoms with Crippen molar-refractivity contribution in [2.24, 2.45) is 5.92 Å². The van der Waals surface area contributed by atoms with Crippen LogP contribution in [0.5, 0.6) is 0 Å². The molecular weight excluding hydrogens is 242 g/mol. The third-order valence-corrected chi connectivity index (χ3v) is 4.85. The number of hydrogen-bond donors (Lipinski definition) is 2. The highest BCUT2D eigenvalue weighted by Crippen LogP contribution is 2.26. The quantitative estimate of drug-likeness (QED) is 0.772. The van der Waals surface area contributed by atoms with Crippen molar-refractivity contribution >= 4 is 15.7 Å². The second-order valence-corrected chi connectivity index (χ2v) is 6.02. The van der Waals surface area contributed by atoms with Gasteiger partial charge in [-0.25, -0.2) is 8.42 Å². The highest BCUT2D eigenvalue weighted by atomic mass is 32.2. The number of aliphatic hydroxyl groups excluding tert-OH is 1. The third-order valence-electron chi connectivity index (χ3n) is 2.94. The number of nitrogens with two attached hydrogens (primary N) is 1. The number of aliphatic hydroxyl groups is 1. The number of rotatable bonds is 3. The van der Waals surface area contributed by atoms with Crippen LogP contribution in [0.3, 0.4) is 0 Å². The largest absolute Gasteiger partial charge is 0.398 e. The Bertz CT molecular complexity index is 503. The number of anilines is 1. The molecule has 6 nitrogen and oxygen atoms in total. The molecule has 1 unspecified atom stereocenters. The van der Waals surface area contributed by atoms with Crippen LogP contribution < -0.4 is 5.73 Å². The molecule has 0 radical (unpaired) electrons. The predicted molar refractivity (Wildman–Crippen MR) is 62.6 cm³/mol. The molecule has 0 aromatic carbocycles. The molecule has 1 saturated heterocycles. The molecular formula is C10H15N3O3S. The van der Waals surface area contributed by atoms with E-state index in [9.17, 15) is 8.42 Å². The molecule has 2 heterocycles. The fourth-order valence-electron chi connectivity index (χ4n) is 1.91. The average Bonchev–Trinajstić information content (AvgIpc) is 2.78. The fourth-order valence-corrected chi connectivity index (χ4v) is 3.50. The molecule has 0 bridgehead atoms. The van der Waals surface area contributed by atoms with Crippen molar-refractivity contribution in [3.63, 3.8) is 0 Å². The first-order chi connectivity index (χ1) is 8.05. The fraction of sp³-hybridized carbons (Fsp3) is 0.500. The van der Waals surface area contributed by atoms with Crippen LogP contribution in [0.25, 0.3) is 0 Å². The molecule has 0 aliphatic carbocycles. The van der Waals surface area contributed by atoms with Crippen molar-refractivity contribution in [2.45, 2.75) is 11.3 Å². The molecule has 3 N–H and O–H groups in total. The van der Waals surface area contributed by atoms with Gasteiger partial charge >= 0.3 is 0 Å². The Kier molecular flexibility index (Phi) is 3.32. The van der Waals surface area contributed by atoms with E-state index < -0.39 is 10.0 Å². The van der Waals surface area contributed by atoms with Crippen LogP contribution in [0.4, 0.5) is 5.69 Å². The summed E-state index contributed by atoms with van der Waals surface area (Å²) < 4.78 is 25.8. The lowest BCUT2D eigenvalue weighted by atomic mass is 10.1. The van der Waals surface area contributed by atoms with Gasteiger partial charge in [0, 0.05) is 32.1 Å². The summed E-state index contributed by atoms with van der Waals surface area (Å²) >= 11 is 0. The number of nitrogen functional groups attached to an aromatic ring is 1. The van der Waals surface area contributed by atoms with Crippen molar-refractivity contribution in [1.29, 1.82) is 0 Å². The molecule has 1 aromatic heterocycles. The van der Waals surface area contributed by atoms with Crippen molar-refractivity contribution in [1.82, 2.24) is 9.29 Å². The van der Waals surface area contributed by atoms with E-state index in [1.54, 1.807) is 0 Å². The maximum atomic E-state index is 12.2. The normalized spacial score (nSPS) is 21.8. The lowest BCUT2D eigenvalue weighted by Gasteiger charge is -2.16. The van der Waals surface area contributed by atoms with Crippen LogP contribution in [0.15, 0.2) is 23.4 Å². The monoisotopic (exact) mass is 257 g/mol. The molecule has 1 atom stereocenters. The summed E-state index contributed by atoms with van der Waals surface area (Å²) in [7, 11) is -3.58. The van der Waals surface area contributed by atoms with Gasteiger partial charge < -0.3 is 10.8 Å². The lowest BCUT2D eigenvalue weighted by Crippen LogP contribution is -2.30. The van der Waals surface area contributed by atoms with E-state index in [2.05, 4.69) is 4.98 Å². The van der Waals surface area contributed by atoms with E-state index in [-0.39, 0.29) is 23.1 Å². The van der Waals surface area contributed by atoms with Gasteiger partial charge in [0.25, 0.3) is 0 Å². The van der Waals surface area contributed by atoms with Gasteiger partial charge in [-0.15, -0.1) is 0 Å². The summed E-state index contributed by atoms with van der Waals surface area (Å²) in [5.74, 6) is 0.0164. The molecule has 7 heteroatoms. The van der Waals surface area contributed by atoms with Crippen LogP contribution in [0.1, 0.15) is 6.42 Å². The average molecular weight is 257 g/mol. The Morgan fingerprint density at radius 2 is 2.35 bits per heavy atom. The predicted octanol–water partition coefficient (Wildman–Crippen LogP) is -0.333. The van der Waals surface area contributed by atoms with E-state index in [4.69, 9.17) is 10.8 Å². The van der Waals surface area contributed by atoms with Gasteiger partial charge in [0.2, 0.25) is 10.0 Å². The first-order valence-corrected chi connectivity index (χ1v) is 6.80. The highest BCUT2D eigenvalue weighted by molar-refractivity contribution is 7.89. The minimum atomic E-state index is -3.58. The number of hydrogen-bond acceptors (Lipinski definition) is 5. The topological polar surface area (TPSA) is 96.5 Å². The second kappa shape index (κ2) is 4.59. The number of pyridine rings is 1. The first kappa shape index (κ1) is 12.3. The van der Waals surface area contributed by atoms with Crippen LogP contribution in [-0.2, 0) is 10.0 Å². The van der Waals surface area contributed by atoms with Crippen molar-refractivity contribution < 1.29 is 13.5 Å². The molecule has 94 valence electrons. The zero-order valence-electron chi connectivity index (χ0n) is 9.28. The van der Waals surface area contributed by atoms with Crippen LogP contribution >= 0.6 is 0 Å². The summed E-state index contributed by atoms with van der Waals surface area (Å²) in [5, 5.41) is 9.02. The molecule has 1 fully saturated rings. The van der Waals surface area contributed by atoms with Gasteiger partial charge in [-0.2, -0.15) is 4.31 Å². The Balaban J connectivity index is 2.29. The Morgan fingerprint density at radius 3 is 2.94 bits per heavy atom. The molecule has 2 rings (SSSR count). The summed E-state index contributed by atoms with van der Waals surface area (Å²) in [6.45, 7) is 0.767. The first-order valence-electron chi connectivity index (χ1n) is 5.36. The molecule has 0 spiro atoms. The van der Waals surface area contributed by atoms with Gasteiger partial charge in [0.1, 0.15) is 4.90 Å². The molecule has 0 saturated carbocycles. The maximum absolute atomic E-state index is 12.2. The molecule has 0 amide bonds. The van der Waals surface area contributed by atoms with Gasteiger partial charge in [0.05, 0.1) is 5.69 Å². The number of aromatic nitrogens is 1. The van der Waals surface area contributed by atoms with Gasteiger partial charge in [0.15, 0.2) is 0 Å². The summed E-state index contributed by atoms with van der Waals surface area (Å²) in [4.78, 5) is 3.83. The molecule has 17 heavy (non-hydrogen) atoms. The van der Waals surface area contributed by atoms with Crippen LogP contribution in [-0.4, -0.2) is 42.5 Å². The Labute approximate surface area is 100 Å². The summed E-state index contributed by atoms with van der Waals surface area (Å²) in [6, 6.07) is 1.46. The van der Waals surface area contributed by atoms with Crippen LogP contribution in [0, 0.1) is 5.92 Å². The minimum absolute atomic E-state index is 0.00847. The second-order valence-electron chi connectivity index (χ2n) is 4.11. The Morgan fingerprint density at radius 1 is 1.59 bits per heavy atom. The van der Waals surface area contributed by atoms with Crippen molar-refractivity contribution in [2.75, 3.05) is 25.4 Å². The highest BCUT2D eigenvalue weighted by Gasteiger charge is 2.33. The third kappa shape index (κ3) is 2.26. The van der Waals surface area contributed by atoms with E-state index in [0.29, 0.717) is 19.5 Å². The maximum Gasteiger partial charge on any atom is 0.246 e. The van der Waals surface area contributed by atoms with E-state index in [1.807, 2.05) is 0 Å². The van der Waals surface area contributed by atoms with Crippen LogP contribution in [0.2, 0.25) is 0 Å². The van der Waals surface area contributed by atoms with E-state index in [1.165, 1.54) is 22.8 Å². The lowest BCUT2D eigenvalue weighted by molar-refractivity contribution is 0.233. The molecule has 1 aromatic rings. The van der Waals surface area contributed by atoms with Crippen molar-refractivity contribution in [3.8, 4) is 0 Å². The smallest absolute Gasteiger partial charge is 0.246 e. The number of sulfonamides is 1. The summed E-state index contributed by atoms with van der Waals surface area (Å²) in [5.41, 5.74) is 5.85. The van der Waals surface area contributed by atoms with Gasteiger partial charge in [-0.1, -0.05) is 0 Å².